The van der Waals surface area contributed by atoms with Crippen molar-refractivity contribution in [3.05, 3.63) is 29.6 Å². The predicted octanol–water partition coefficient (Wildman–Crippen LogP) is 3.30. The molecule has 1 aromatic carbocycles. The fraction of sp³-hybridized carbons (Fsp3) is 0.625. The van der Waals surface area contributed by atoms with Gasteiger partial charge in [-0.1, -0.05) is 13.0 Å². The first kappa shape index (κ1) is 15.3. The van der Waals surface area contributed by atoms with Gasteiger partial charge >= 0.3 is 0 Å². The molecule has 0 aromatic heterocycles. The summed E-state index contributed by atoms with van der Waals surface area (Å²) in [6, 6.07) is 5.19. The first-order valence-corrected chi connectivity index (χ1v) is 7.34. The number of hydrogen-bond donors (Lipinski definition) is 1. The van der Waals surface area contributed by atoms with E-state index in [4.69, 9.17) is 9.47 Å². The molecular weight excluding hydrogens is 257 g/mol. The van der Waals surface area contributed by atoms with E-state index in [0.29, 0.717) is 17.8 Å². The molecule has 1 heterocycles. The molecule has 1 aliphatic heterocycles. The zero-order valence-corrected chi connectivity index (χ0v) is 12.5. The molecule has 4 heteroatoms. The number of ether oxygens (including phenoxy) is 2. The van der Waals surface area contributed by atoms with Crippen molar-refractivity contribution in [3.63, 3.8) is 0 Å². The van der Waals surface area contributed by atoms with E-state index in [1.54, 1.807) is 12.1 Å². The molecule has 0 radical (unpaired) electrons. The second kappa shape index (κ2) is 7.04. The smallest absolute Gasteiger partial charge is 0.165 e. The largest absolute Gasteiger partial charge is 0.494 e. The lowest BCUT2D eigenvalue weighted by Crippen LogP contribution is -2.30. The summed E-state index contributed by atoms with van der Waals surface area (Å²) < 4.78 is 24.1. The standard InChI is InChI=1S/C16H24FNO2/c1-4-15-13(7-8-20-15)10-18-11(2)12-5-6-14(17)16(9-12)19-3/h5-6,9,11,13,15,18H,4,7-8,10H2,1-3H3. The highest BCUT2D eigenvalue weighted by Crippen LogP contribution is 2.25. The summed E-state index contributed by atoms with van der Waals surface area (Å²) in [5, 5.41) is 3.52. The highest BCUT2D eigenvalue weighted by atomic mass is 19.1. The van der Waals surface area contributed by atoms with Crippen LogP contribution >= 0.6 is 0 Å². The van der Waals surface area contributed by atoms with Crippen molar-refractivity contribution in [2.75, 3.05) is 20.3 Å². The topological polar surface area (TPSA) is 30.5 Å². The lowest BCUT2D eigenvalue weighted by Gasteiger charge is -2.21. The highest BCUT2D eigenvalue weighted by molar-refractivity contribution is 5.31. The SMILES string of the molecule is CCC1OCCC1CNC(C)c1ccc(F)c(OC)c1. The van der Waals surface area contributed by atoms with Crippen molar-refractivity contribution in [1.29, 1.82) is 0 Å². The van der Waals surface area contributed by atoms with Crippen LogP contribution in [0.2, 0.25) is 0 Å². The number of methoxy groups -OCH3 is 1. The number of halogens is 1. The lowest BCUT2D eigenvalue weighted by molar-refractivity contribution is 0.0867. The molecule has 1 fully saturated rings. The van der Waals surface area contributed by atoms with Crippen LogP contribution in [0.4, 0.5) is 4.39 Å². The molecule has 0 amide bonds. The van der Waals surface area contributed by atoms with Crippen LogP contribution in [0.15, 0.2) is 18.2 Å². The Labute approximate surface area is 120 Å². The lowest BCUT2D eigenvalue weighted by atomic mass is 9.98. The van der Waals surface area contributed by atoms with Crippen LogP contribution in [0.3, 0.4) is 0 Å². The van der Waals surface area contributed by atoms with Crippen LogP contribution in [-0.2, 0) is 4.74 Å². The average molecular weight is 281 g/mol. The summed E-state index contributed by atoms with van der Waals surface area (Å²) in [6.45, 7) is 6.05. The van der Waals surface area contributed by atoms with E-state index in [0.717, 1.165) is 31.6 Å². The van der Waals surface area contributed by atoms with Crippen LogP contribution in [0.5, 0.6) is 5.75 Å². The number of hydrogen-bond acceptors (Lipinski definition) is 3. The Morgan fingerprint density at radius 1 is 1.50 bits per heavy atom. The summed E-state index contributed by atoms with van der Waals surface area (Å²) in [4.78, 5) is 0. The normalized spacial score (nSPS) is 23.8. The van der Waals surface area contributed by atoms with Crippen molar-refractivity contribution >= 4 is 0 Å². The van der Waals surface area contributed by atoms with E-state index in [-0.39, 0.29) is 11.9 Å². The van der Waals surface area contributed by atoms with Crippen molar-refractivity contribution < 1.29 is 13.9 Å². The Balaban J connectivity index is 1.93. The molecule has 3 nitrogen and oxygen atoms in total. The molecule has 0 aliphatic carbocycles. The summed E-state index contributed by atoms with van der Waals surface area (Å²) >= 11 is 0. The van der Waals surface area contributed by atoms with E-state index in [2.05, 4.69) is 19.2 Å². The maximum Gasteiger partial charge on any atom is 0.165 e. The van der Waals surface area contributed by atoms with Gasteiger partial charge in [0.25, 0.3) is 0 Å². The molecule has 2 rings (SSSR count). The Hall–Kier alpha value is -1.13. The second-order valence-corrected chi connectivity index (χ2v) is 5.39. The average Bonchev–Trinajstić information content (AvgIpc) is 2.92. The van der Waals surface area contributed by atoms with Gasteiger partial charge in [0.1, 0.15) is 0 Å². The van der Waals surface area contributed by atoms with E-state index in [9.17, 15) is 4.39 Å². The van der Waals surface area contributed by atoms with Gasteiger partial charge in [0, 0.05) is 19.2 Å². The van der Waals surface area contributed by atoms with Gasteiger partial charge in [-0.3, -0.25) is 0 Å². The Morgan fingerprint density at radius 2 is 2.30 bits per heavy atom. The fourth-order valence-corrected chi connectivity index (χ4v) is 2.77. The molecule has 1 aliphatic rings. The quantitative estimate of drug-likeness (QED) is 0.868. The minimum absolute atomic E-state index is 0.169. The highest BCUT2D eigenvalue weighted by Gasteiger charge is 2.26. The number of nitrogens with one attached hydrogen (secondary N) is 1. The minimum atomic E-state index is -0.321. The third kappa shape index (κ3) is 3.49. The third-order valence-electron chi connectivity index (χ3n) is 4.11. The molecule has 20 heavy (non-hydrogen) atoms. The van der Waals surface area contributed by atoms with E-state index < -0.39 is 0 Å². The Bertz CT molecular complexity index is 438. The Morgan fingerprint density at radius 3 is 3.00 bits per heavy atom. The molecule has 0 spiro atoms. The zero-order chi connectivity index (χ0) is 14.5. The van der Waals surface area contributed by atoms with Crippen LogP contribution < -0.4 is 10.1 Å². The van der Waals surface area contributed by atoms with E-state index >= 15 is 0 Å². The first-order valence-electron chi connectivity index (χ1n) is 7.34. The molecule has 1 saturated heterocycles. The molecule has 0 bridgehead atoms. The maximum absolute atomic E-state index is 13.4. The zero-order valence-electron chi connectivity index (χ0n) is 12.5. The van der Waals surface area contributed by atoms with Gasteiger partial charge in [-0.2, -0.15) is 0 Å². The minimum Gasteiger partial charge on any atom is -0.494 e. The van der Waals surface area contributed by atoms with Crippen LogP contribution in [0.25, 0.3) is 0 Å². The molecule has 0 saturated carbocycles. The molecule has 1 aromatic rings. The van der Waals surface area contributed by atoms with Crippen LogP contribution in [-0.4, -0.2) is 26.4 Å². The van der Waals surface area contributed by atoms with Crippen molar-refractivity contribution in [1.82, 2.24) is 5.32 Å². The molecular formula is C16H24FNO2. The van der Waals surface area contributed by atoms with Gasteiger partial charge in [0.15, 0.2) is 11.6 Å². The van der Waals surface area contributed by atoms with Crippen LogP contribution in [0, 0.1) is 11.7 Å². The van der Waals surface area contributed by atoms with Crippen molar-refractivity contribution in [3.8, 4) is 5.75 Å². The fourth-order valence-electron chi connectivity index (χ4n) is 2.77. The Kier molecular flexibility index (Phi) is 5.38. The summed E-state index contributed by atoms with van der Waals surface area (Å²) in [7, 11) is 1.49. The molecule has 3 atom stereocenters. The molecule has 112 valence electrons. The van der Waals surface area contributed by atoms with Gasteiger partial charge in [0.2, 0.25) is 0 Å². The van der Waals surface area contributed by atoms with Gasteiger partial charge in [-0.05, 0) is 43.4 Å². The summed E-state index contributed by atoms with van der Waals surface area (Å²) in [5.74, 6) is 0.551. The van der Waals surface area contributed by atoms with Gasteiger partial charge in [-0.15, -0.1) is 0 Å². The predicted molar refractivity (Wildman–Crippen MR) is 77.5 cm³/mol. The summed E-state index contributed by atoms with van der Waals surface area (Å²) in [5.41, 5.74) is 1.04. The summed E-state index contributed by atoms with van der Waals surface area (Å²) in [6.07, 6.45) is 2.55. The van der Waals surface area contributed by atoms with Gasteiger partial charge < -0.3 is 14.8 Å². The third-order valence-corrected chi connectivity index (χ3v) is 4.11. The van der Waals surface area contributed by atoms with Crippen molar-refractivity contribution in [2.45, 2.75) is 38.8 Å². The first-order chi connectivity index (χ1) is 9.65. The second-order valence-electron chi connectivity index (χ2n) is 5.39. The number of benzene rings is 1. The molecule has 3 unspecified atom stereocenters. The van der Waals surface area contributed by atoms with Gasteiger partial charge in [0.05, 0.1) is 13.2 Å². The van der Waals surface area contributed by atoms with Crippen LogP contribution in [0.1, 0.15) is 38.3 Å². The van der Waals surface area contributed by atoms with E-state index in [1.807, 2.05) is 0 Å². The van der Waals surface area contributed by atoms with Crippen molar-refractivity contribution in [2.24, 2.45) is 5.92 Å². The maximum atomic E-state index is 13.4. The number of rotatable bonds is 6. The monoisotopic (exact) mass is 281 g/mol. The van der Waals surface area contributed by atoms with E-state index in [1.165, 1.54) is 13.2 Å². The molecule has 1 N–H and O–H groups in total. The van der Waals surface area contributed by atoms with Gasteiger partial charge in [-0.25, -0.2) is 4.39 Å².